The fourth-order valence-electron chi connectivity index (χ4n) is 1.06. The van der Waals surface area contributed by atoms with E-state index in [0.29, 0.717) is 6.20 Å². The Hall–Kier alpha value is -1.42. The van der Waals surface area contributed by atoms with Crippen LogP contribution in [-0.2, 0) is 20.8 Å². The molecule has 0 aliphatic carbocycles. The van der Waals surface area contributed by atoms with Gasteiger partial charge in [0.2, 0.25) is 20.9 Å². The van der Waals surface area contributed by atoms with E-state index in [1.165, 1.54) is 7.11 Å². The highest BCUT2D eigenvalue weighted by Gasteiger charge is 2.36. The molecule has 0 bridgehead atoms. The molecule has 0 spiro atoms. The minimum Gasteiger partial charge on any atom is -0.475 e. The molecule has 0 radical (unpaired) electrons. The van der Waals surface area contributed by atoms with E-state index in [2.05, 4.69) is 14.7 Å². The van der Waals surface area contributed by atoms with Crippen LogP contribution in [0.1, 0.15) is 5.56 Å². The van der Waals surface area contributed by atoms with Crippen molar-refractivity contribution in [1.82, 2.24) is 9.97 Å². The summed E-state index contributed by atoms with van der Waals surface area (Å²) in [7, 11) is -2.48. The van der Waals surface area contributed by atoms with Gasteiger partial charge in [-0.25, -0.2) is 13.4 Å². The van der Waals surface area contributed by atoms with Crippen molar-refractivity contribution in [2.45, 2.75) is 11.3 Å². The molecule has 0 saturated carbocycles. The zero-order chi connectivity index (χ0) is 14.7. The van der Waals surface area contributed by atoms with Crippen molar-refractivity contribution < 1.29 is 31.1 Å². The second-order valence-electron chi connectivity index (χ2n) is 3.48. The predicted molar refractivity (Wildman–Crippen MR) is 57.5 cm³/mol. The molecule has 19 heavy (non-hydrogen) atoms. The second kappa shape index (κ2) is 5.70. The van der Waals surface area contributed by atoms with Crippen molar-refractivity contribution in [3.8, 4) is 5.88 Å². The SMILES string of the molecule is COCCOc1nc(S(C)(=O)=O)ncc1C(F)(F)F. The van der Waals surface area contributed by atoms with Gasteiger partial charge >= 0.3 is 6.18 Å². The zero-order valence-corrected chi connectivity index (χ0v) is 10.9. The Morgan fingerprint density at radius 3 is 2.42 bits per heavy atom. The molecule has 1 rings (SSSR count). The summed E-state index contributed by atoms with van der Waals surface area (Å²) in [6, 6.07) is 0. The molecule has 6 nitrogen and oxygen atoms in total. The van der Waals surface area contributed by atoms with E-state index in [9.17, 15) is 21.6 Å². The van der Waals surface area contributed by atoms with Gasteiger partial charge in [-0.2, -0.15) is 18.2 Å². The Morgan fingerprint density at radius 1 is 1.32 bits per heavy atom. The summed E-state index contributed by atoms with van der Waals surface area (Å²) in [6.45, 7) is -0.157. The third-order valence-corrected chi connectivity index (χ3v) is 2.75. The highest BCUT2D eigenvalue weighted by molar-refractivity contribution is 7.90. The first-order chi connectivity index (χ1) is 8.66. The lowest BCUT2D eigenvalue weighted by molar-refractivity contribution is -0.139. The van der Waals surface area contributed by atoms with Crippen molar-refractivity contribution >= 4 is 9.84 Å². The average Bonchev–Trinajstić information content (AvgIpc) is 2.26. The van der Waals surface area contributed by atoms with E-state index < -0.39 is 32.6 Å². The summed E-state index contributed by atoms with van der Waals surface area (Å²) in [5, 5.41) is -0.729. The number of hydrogen-bond donors (Lipinski definition) is 0. The van der Waals surface area contributed by atoms with Gasteiger partial charge in [-0.3, -0.25) is 0 Å². The van der Waals surface area contributed by atoms with Gasteiger partial charge < -0.3 is 9.47 Å². The van der Waals surface area contributed by atoms with Gasteiger partial charge in [0.1, 0.15) is 12.2 Å². The number of rotatable bonds is 5. The molecule has 0 atom stereocenters. The first-order valence-corrected chi connectivity index (χ1v) is 6.81. The Morgan fingerprint density at radius 2 is 1.95 bits per heavy atom. The van der Waals surface area contributed by atoms with Crippen LogP contribution >= 0.6 is 0 Å². The molecule has 10 heteroatoms. The van der Waals surface area contributed by atoms with Gasteiger partial charge in [-0.15, -0.1) is 0 Å². The lowest BCUT2D eigenvalue weighted by atomic mass is 10.3. The Kier molecular flexibility index (Phi) is 4.69. The number of sulfone groups is 1. The quantitative estimate of drug-likeness (QED) is 0.594. The van der Waals surface area contributed by atoms with E-state index in [0.717, 1.165) is 6.26 Å². The van der Waals surface area contributed by atoms with Gasteiger partial charge in [0.05, 0.1) is 6.61 Å². The Balaban J connectivity index is 3.19. The van der Waals surface area contributed by atoms with Gasteiger partial charge in [0.25, 0.3) is 0 Å². The zero-order valence-electron chi connectivity index (χ0n) is 10.1. The number of ether oxygens (including phenoxy) is 2. The van der Waals surface area contributed by atoms with Crippen LogP contribution in [0, 0.1) is 0 Å². The molecule has 1 heterocycles. The second-order valence-corrected chi connectivity index (χ2v) is 5.39. The number of hydrogen-bond acceptors (Lipinski definition) is 6. The maximum Gasteiger partial charge on any atom is 0.423 e. The molecule has 1 aromatic heterocycles. The third-order valence-electron chi connectivity index (χ3n) is 1.89. The topological polar surface area (TPSA) is 78.4 Å². The minimum absolute atomic E-state index is 0.0372. The standard InChI is InChI=1S/C9H11F3N2O4S/c1-17-3-4-18-7-6(9(10,11)12)5-13-8(14-7)19(2,15)16/h5H,3-4H2,1-2H3. The van der Waals surface area contributed by atoms with Crippen molar-refractivity contribution in [2.24, 2.45) is 0 Å². The van der Waals surface area contributed by atoms with E-state index >= 15 is 0 Å². The Labute approximate surface area is 107 Å². The number of aromatic nitrogens is 2. The largest absolute Gasteiger partial charge is 0.475 e. The van der Waals surface area contributed by atoms with Gasteiger partial charge in [0.15, 0.2) is 0 Å². The molecule has 108 valence electrons. The molecule has 0 saturated heterocycles. The smallest absolute Gasteiger partial charge is 0.423 e. The number of nitrogens with zero attached hydrogens (tertiary/aromatic N) is 2. The molecule has 0 unspecified atom stereocenters. The summed E-state index contributed by atoms with van der Waals surface area (Å²) in [5.74, 6) is -0.833. The summed E-state index contributed by atoms with van der Waals surface area (Å²) < 4.78 is 69.7. The lowest BCUT2D eigenvalue weighted by Gasteiger charge is -2.12. The highest BCUT2D eigenvalue weighted by Crippen LogP contribution is 2.34. The predicted octanol–water partition coefficient (Wildman–Crippen LogP) is 0.924. The molecular formula is C9H11F3N2O4S. The number of alkyl halides is 3. The summed E-state index contributed by atoms with van der Waals surface area (Å²) >= 11 is 0. The lowest BCUT2D eigenvalue weighted by Crippen LogP contribution is -2.16. The molecule has 0 aromatic carbocycles. The first kappa shape index (κ1) is 15.6. The van der Waals surface area contributed by atoms with Crippen LogP contribution in [0.3, 0.4) is 0 Å². The van der Waals surface area contributed by atoms with Gasteiger partial charge in [0, 0.05) is 19.6 Å². The third kappa shape index (κ3) is 4.31. The highest BCUT2D eigenvalue weighted by atomic mass is 32.2. The number of halogens is 3. The maximum absolute atomic E-state index is 12.6. The average molecular weight is 300 g/mol. The minimum atomic E-state index is -4.74. The normalized spacial score (nSPS) is 12.5. The summed E-state index contributed by atoms with van der Waals surface area (Å²) in [4.78, 5) is 6.46. The summed E-state index contributed by atoms with van der Waals surface area (Å²) in [6.07, 6.45) is -3.57. The van der Waals surface area contributed by atoms with Crippen LogP contribution in [0.2, 0.25) is 0 Å². The molecule has 0 amide bonds. The van der Waals surface area contributed by atoms with Gasteiger partial charge in [-0.05, 0) is 0 Å². The van der Waals surface area contributed by atoms with E-state index in [1.807, 2.05) is 0 Å². The van der Waals surface area contributed by atoms with Crippen LogP contribution in [0.15, 0.2) is 11.4 Å². The maximum atomic E-state index is 12.6. The van der Waals surface area contributed by atoms with E-state index in [4.69, 9.17) is 4.74 Å². The van der Waals surface area contributed by atoms with Crippen LogP contribution in [0.4, 0.5) is 13.2 Å². The van der Waals surface area contributed by atoms with Crippen LogP contribution in [0.5, 0.6) is 5.88 Å². The fraction of sp³-hybridized carbons (Fsp3) is 0.556. The molecule has 0 aliphatic rings. The molecular weight excluding hydrogens is 289 g/mol. The molecule has 0 N–H and O–H groups in total. The van der Waals surface area contributed by atoms with Crippen molar-refractivity contribution in [2.75, 3.05) is 26.6 Å². The molecule has 1 aromatic rings. The van der Waals surface area contributed by atoms with E-state index in [1.54, 1.807) is 0 Å². The first-order valence-electron chi connectivity index (χ1n) is 4.92. The summed E-state index contributed by atoms with van der Waals surface area (Å²) in [5.41, 5.74) is -1.24. The van der Waals surface area contributed by atoms with Crippen molar-refractivity contribution in [3.63, 3.8) is 0 Å². The van der Waals surface area contributed by atoms with Gasteiger partial charge in [-0.1, -0.05) is 0 Å². The van der Waals surface area contributed by atoms with Crippen molar-refractivity contribution in [1.29, 1.82) is 0 Å². The molecule has 0 fully saturated rings. The molecule has 0 aliphatic heterocycles. The number of methoxy groups -OCH3 is 1. The Bertz CT molecular complexity index is 545. The van der Waals surface area contributed by atoms with Crippen LogP contribution in [-0.4, -0.2) is 45.0 Å². The van der Waals surface area contributed by atoms with E-state index in [-0.39, 0.29) is 13.2 Å². The fourth-order valence-corrected chi connectivity index (χ4v) is 1.55. The monoisotopic (exact) mass is 300 g/mol. The van der Waals surface area contributed by atoms with Crippen LogP contribution < -0.4 is 4.74 Å². The van der Waals surface area contributed by atoms with Crippen LogP contribution in [0.25, 0.3) is 0 Å². The van der Waals surface area contributed by atoms with Crippen molar-refractivity contribution in [3.05, 3.63) is 11.8 Å².